The highest BCUT2D eigenvalue weighted by atomic mass is 16.1. The Morgan fingerprint density at radius 3 is 2.23 bits per heavy atom. The highest BCUT2D eigenvalue weighted by Crippen LogP contribution is 2.23. The summed E-state index contributed by atoms with van der Waals surface area (Å²) < 4.78 is 0. The van der Waals surface area contributed by atoms with Crippen LogP contribution in [0.5, 0.6) is 0 Å². The molecule has 1 heterocycles. The molecule has 1 aliphatic heterocycles. The van der Waals surface area contributed by atoms with Gasteiger partial charge in [-0.2, -0.15) is 5.26 Å². The Morgan fingerprint density at radius 2 is 1.73 bits per heavy atom. The summed E-state index contributed by atoms with van der Waals surface area (Å²) in [7, 11) is 0. The molecule has 1 aromatic rings. The third-order valence-corrected chi connectivity index (χ3v) is 3.97. The number of carbonyl (C=O) groups is 1. The van der Waals surface area contributed by atoms with E-state index < -0.39 is 5.41 Å². The molecule has 0 amide bonds. The van der Waals surface area contributed by atoms with Crippen LogP contribution >= 0.6 is 0 Å². The van der Waals surface area contributed by atoms with Gasteiger partial charge in [0, 0.05) is 24.2 Å². The number of rotatable bonds is 3. The Kier molecular flexibility index (Phi) is 5.03. The predicted octanol–water partition coefficient (Wildman–Crippen LogP) is 4.20. The van der Waals surface area contributed by atoms with E-state index in [0.29, 0.717) is 0 Å². The summed E-state index contributed by atoms with van der Waals surface area (Å²) >= 11 is 0. The van der Waals surface area contributed by atoms with Gasteiger partial charge in [0.1, 0.15) is 6.07 Å². The quantitative estimate of drug-likeness (QED) is 0.620. The van der Waals surface area contributed by atoms with Crippen molar-refractivity contribution >= 4 is 17.5 Å². The Balaban J connectivity index is 2.17. The number of ketones is 1. The number of hydrogen-bond donors (Lipinski definition) is 0. The molecule has 1 saturated heterocycles. The van der Waals surface area contributed by atoms with E-state index in [-0.39, 0.29) is 11.4 Å². The molecule has 0 saturated carbocycles. The largest absolute Gasteiger partial charge is 0.372 e. The van der Waals surface area contributed by atoms with Crippen molar-refractivity contribution in [2.75, 3.05) is 18.0 Å². The number of piperidine rings is 1. The number of hydrogen-bond acceptors (Lipinski definition) is 3. The molecule has 0 atom stereocenters. The molecule has 1 aliphatic rings. The average molecular weight is 296 g/mol. The molecular formula is C19H24N2O. The zero-order valence-electron chi connectivity index (χ0n) is 13.7. The summed E-state index contributed by atoms with van der Waals surface area (Å²) in [4.78, 5) is 14.6. The Hall–Kier alpha value is -2.08. The SMILES string of the molecule is CC(C)(C)C(=O)C(C#N)=Cc1ccc(N2CCCCC2)cc1. The van der Waals surface area contributed by atoms with Crippen molar-refractivity contribution in [1.82, 2.24) is 0 Å². The van der Waals surface area contributed by atoms with Crippen LogP contribution in [-0.4, -0.2) is 18.9 Å². The summed E-state index contributed by atoms with van der Waals surface area (Å²) in [5, 5.41) is 9.23. The van der Waals surface area contributed by atoms with Crippen LogP contribution in [0.2, 0.25) is 0 Å². The average Bonchev–Trinajstić information content (AvgIpc) is 2.52. The maximum Gasteiger partial charge on any atom is 0.178 e. The summed E-state index contributed by atoms with van der Waals surface area (Å²) in [5.41, 5.74) is 1.81. The number of allylic oxidation sites excluding steroid dienone is 1. The standard InChI is InChI=1S/C19H24N2O/c1-19(2,3)18(22)16(14-20)13-15-7-9-17(10-8-15)21-11-5-4-6-12-21/h7-10,13H,4-6,11-12H2,1-3H3. The normalized spacial score (nSPS) is 16.3. The van der Waals surface area contributed by atoms with Crippen LogP contribution in [0.15, 0.2) is 29.8 Å². The molecule has 0 aliphatic carbocycles. The summed E-state index contributed by atoms with van der Waals surface area (Å²) in [6, 6.07) is 10.2. The van der Waals surface area contributed by atoms with Crippen LogP contribution in [0.4, 0.5) is 5.69 Å². The molecule has 2 rings (SSSR count). The van der Waals surface area contributed by atoms with E-state index in [1.165, 1.54) is 24.9 Å². The number of nitrogens with zero attached hydrogens (tertiary/aromatic N) is 2. The molecule has 0 unspecified atom stereocenters. The summed E-state index contributed by atoms with van der Waals surface area (Å²) in [6.45, 7) is 7.72. The van der Waals surface area contributed by atoms with Gasteiger partial charge in [0.05, 0.1) is 5.57 Å². The second-order valence-electron chi connectivity index (χ2n) is 6.89. The van der Waals surface area contributed by atoms with E-state index in [1.54, 1.807) is 6.08 Å². The molecule has 0 bridgehead atoms. The molecule has 1 aromatic carbocycles. The molecule has 116 valence electrons. The van der Waals surface area contributed by atoms with Crippen LogP contribution in [0, 0.1) is 16.7 Å². The molecule has 3 heteroatoms. The lowest BCUT2D eigenvalue weighted by Crippen LogP contribution is -2.29. The van der Waals surface area contributed by atoms with Gasteiger partial charge in [-0.1, -0.05) is 32.9 Å². The van der Waals surface area contributed by atoms with E-state index >= 15 is 0 Å². The minimum absolute atomic E-state index is 0.116. The monoisotopic (exact) mass is 296 g/mol. The zero-order valence-corrected chi connectivity index (χ0v) is 13.7. The third-order valence-electron chi connectivity index (χ3n) is 3.97. The van der Waals surface area contributed by atoms with Gasteiger partial charge in [-0.3, -0.25) is 4.79 Å². The third kappa shape index (κ3) is 3.98. The lowest BCUT2D eigenvalue weighted by Gasteiger charge is -2.28. The van der Waals surface area contributed by atoms with E-state index in [0.717, 1.165) is 18.7 Å². The second-order valence-corrected chi connectivity index (χ2v) is 6.89. The fraction of sp³-hybridized carbons (Fsp3) is 0.474. The Morgan fingerprint density at radius 1 is 1.14 bits per heavy atom. The first-order valence-corrected chi connectivity index (χ1v) is 7.93. The molecule has 0 N–H and O–H groups in total. The van der Waals surface area contributed by atoms with Crippen molar-refractivity contribution in [3.05, 3.63) is 35.4 Å². The fourth-order valence-electron chi connectivity index (χ4n) is 2.65. The Bertz CT molecular complexity index is 594. The van der Waals surface area contributed by atoms with Gasteiger partial charge in [-0.05, 0) is 43.0 Å². The van der Waals surface area contributed by atoms with Crippen molar-refractivity contribution in [1.29, 1.82) is 5.26 Å². The minimum atomic E-state index is -0.532. The maximum atomic E-state index is 12.2. The molecule has 0 spiro atoms. The number of Topliss-reactive ketones (excluding diaryl/α,β-unsaturated/α-hetero) is 1. The van der Waals surface area contributed by atoms with Crippen LogP contribution in [0.3, 0.4) is 0 Å². The first kappa shape index (κ1) is 16.3. The molecule has 0 aromatic heterocycles. The highest BCUT2D eigenvalue weighted by molar-refractivity contribution is 6.06. The van der Waals surface area contributed by atoms with Crippen molar-refractivity contribution in [3.63, 3.8) is 0 Å². The van der Waals surface area contributed by atoms with Crippen molar-refractivity contribution in [2.24, 2.45) is 5.41 Å². The molecule has 3 nitrogen and oxygen atoms in total. The van der Waals surface area contributed by atoms with Gasteiger partial charge in [0.25, 0.3) is 0 Å². The maximum absolute atomic E-state index is 12.2. The fourth-order valence-corrected chi connectivity index (χ4v) is 2.65. The lowest BCUT2D eigenvalue weighted by molar-refractivity contribution is -0.121. The topological polar surface area (TPSA) is 44.1 Å². The molecule has 22 heavy (non-hydrogen) atoms. The number of carbonyl (C=O) groups excluding carboxylic acids is 1. The number of anilines is 1. The van der Waals surface area contributed by atoms with Gasteiger partial charge >= 0.3 is 0 Å². The lowest BCUT2D eigenvalue weighted by atomic mass is 9.86. The highest BCUT2D eigenvalue weighted by Gasteiger charge is 2.24. The first-order valence-electron chi connectivity index (χ1n) is 7.93. The van der Waals surface area contributed by atoms with Crippen molar-refractivity contribution in [2.45, 2.75) is 40.0 Å². The summed E-state index contributed by atoms with van der Waals surface area (Å²) in [5.74, 6) is -0.116. The van der Waals surface area contributed by atoms with E-state index in [4.69, 9.17) is 0 Å². The van der Waals surface area contributed by atoms with Gasteiger partial charge in [-0.15, -0.1) is 0 Å². The number of nitriles is 1. The van der Waals surface area contributed by atoms with Gasteiger partial charge in [0.15, 0.2) is 5.78 Å². The minimum Gasteiger partial charge on any atom is -0.372 e. The summed E-state index contributed by atoms with van der Waals surface area (Å²) in [6.07, 6.45) is 5.51. The van der Waals surface area contributed by atoms with Crippen LogP contribution in [0.1, 0.15) is 45.6 Å². The second kappa shape index (κ2) is 6.79. The van der Waals surface area contributed by atoms with Gasteiger partial charge in [0.2, 0.25) is 0 Å². The van der Waals surface area contributed by atoms with Gasteiger partial charge in [-0.25, -0.2) is 0 Å². The molecular weight excluding hydrogens is 272 g/mol. The number of benzene rings is 1. The van der Waals surface area contributed by atoms with Crippen LogP contribution in [0.25, 0.3) is 6.08 Å². The molecule has 1 fully saturated rings. The zero-order chi connectivity index (χ0) is 16.2. The van der Waals surface area contributed by atoms with E-state index in [1.807, 2.05) is 39.0 Å². The molecule has 0 radical (unpaired) electrons. The van der Waals surface area contributed by atoms with E-state index in [9.17, 15) is 10.1 Å². The predicted molar refractivity (Wildman–Crippen MR) is 90.6 cm³/mol. The smallest absolute Gasteiger partial charge is 0.178 e. The van der Waals surface area contributed by atoms with Gasteiger partial charge < -0.3 is 4.90 Å². The van der Waals surface area contributed by atoms with Crippen molar-refractivity contribution < 1.29 is 4.79 Å². The first-order chi connectivity index (χ1) is 10.4. The Labute approximate surface area is 133 Å². The van der Waals surface area contributed by atoms with E-state index in [2.05, 4.69) is 17.0 Å². The van der Waals surface area contributed by atoms with Crippen LogP contribution in [-0.2, 0) is 4.79 Å². The van der Waals surface area contributed by atoms with Crippen LogP contribution < -0.4 is 4.90 Å². The van der Waals surface area contributed by atoms with Crippen molar-refractivity contribution in [3.8, 4) is 6.07 Å².